The summed E-state index contributed by atoms with van der Waals surface area (Å²) in [5.74, 6) is 0. The van der Waals surface area contributed by atoms with Gasteiger partial charge in [-0.2, -0.15) is 0 Å². The highest BCUT2D eigenvalue weighted by Gasteiger charge is 2.39. The van der Waals surface area contributed by atoms with Crippen LogP contribution in [-0.2, 0) is 6.54 Å². The van der Waals surface area contributed by atoms with E-state index in [9.17, 15) is 0 Å². The van der Waals surface area contributed by atoms with Gasteiger partial charge in [-0.25, -0.2) is 0 Å². The second kappa shape index (κ2) is 5.50. The lowest BCUT2D eigenvalue weighted by Gasteiger charge is -2.51. The van der Waals surface area contributed by atoms with E-state index in [4.69, 9.17) is 0 Å². The molecule has 1 fully saturated rings. The van der Waals surface area contributed by atoms with Crippen molar-refractivity contribution < 1.29 is 0 Å². The number of rotatable bonds is 3. The zero-order valence-corrected chi connectivity index (χ0v) is 14.0. The third kappa shape index (κ3) is 3.42. The normalized spacial score (nSPS) is 26.7. The molecule has 0 bridgehead atoms. The molecular weight excluding hydrogens is 244 g/mol. The predicted molar refractivity (Wildman–Crippen MR) is 87.1 cm³/mol. The van der Waals surface area contributed by atoms with E-state index < -0.39 is 0 Å². The molecule has 2 nitrogen and oxygen atoms in total. The van der Waals surface area contributed by atoms with Crippen molar-refractivity contribution in [3.63, 3.8) is 0 Å². The van der Waals surface area contributed by atoms with Gasteiger partial charge in [-0.15, -0.1) is 0 Å². The third-order valence-electron chi connectivity index (χ3n) is 4.71. The summed E-state index contributed by atoms with van der Waals surface area (Å²) in [6.45, 7) is 16.9. The molecule has 0 aromatic heterocycles. The van der Waals surface area contributed by atoms with Crippen LogP contribution in [0.5, 0.6) is 0 Å². The van der Waals surface area contributed by atoms with E-state index in [-0.39, 0.29) is 11.1 Å². The third-order valence-corrected chi connectivity index (χ3v) is 4.71. The van der Waals surface area contributed by atoms with Gasteiger partial charge in [-0.1, -0.05) is 36.2 Å². The molecule has 112 valence electrons. The largest absolute Gasteiger partial charge is 0.309 e. The van der Waals surface area contributed by atoms with Crippen molar-refractivity contribution >= 4 is 0 Å². The van der Waals surface area contributed by atoms with Crippen LogP contribution in [0.4, 0.5) is 0 Å². The second-order valence-corrected chi connectivity index (χ2v) is 7.44. The highest BCUT2D eigenvalue weighted by atomic mass is 15.3. The Bertz CT molecular complexity index is 458. The van der Waals surface area contributed by atoms with Crippen LogP contribution >= 0.6 is 0 Å². The summed E-state index contributed by atoms with van der Waals surface area (Å²) < 4.78 is 0. The lowest BCUT2D eigenvalue weighted by atomic mass is 9.87. The topological polar surface area (TPSA) is 15.3 Å². The highest BCUT2D eigenvalue weighted by molar-refractivity contribution is 5.28. The standard InChI is InChI=1S/C18H30N2/c1-7-18(6)12-19-17(4,5)13-20(18)11-16-9-14(2)8-15(3)10-16/h8-10,19H,7,11-13H2,1-6H3. The Labute approximate surface area is 124 Å². The molecule has 0 spiro atoms. The molecule has 1 aromatic carbocycles. The zero-order valence-electron chi connectivity index (χ0n) is 14.0. The monoisotopic (exact) mass is 274 g/mol. The molecule has 2 rings (SSSR count). The molecule has 0 aliphatic carbocycles. The first-order valence-corrected chi connectivity index (χ1v) is 7.81. The van der Waals surface area contributed by atoms with E-state index in [1.807, 2.05) is 0 Å². The van der Waals surface area contributed by atoms with Gasteiger partial charge in [-0.3, -0.25) is 4.90 Å². The van der Waals surface area contributed by atoms with Crippen molar-refractivity contribution in [2.45, 2.75) is 65.6 Å². The Hall–Kier alpha value is -0.860. The molecule has 1 aromatic rings. The van der Waals surface area contributed by atoms with Gasteiger partial charge in [0.2, 0.25) is 0 Å². The number of hydrogen-bond donors (Lipinski definition) is 1. The molecule has 1 saturated heterocycles. The van der Waals surface area contributed by atoms with Gasteiger partial charge in [0.05, 0.1) is 0 Å². The summed E-state index contributed by atoms with van der Waals surface area (Å²) in [6, 6.07) is 6.92. The minimum Gasteiger partial charge on any atom is -0.309 e. The number of hydrogen-bond acceptors (Lipinski definition) is 2. The fraction of sp³-hybridized carbons (Fsp3) is 0.667. The maximum Gasteiger partial charge on any atom is 0.0307 e. The average molecular weight is 274 g/mol. The molecule has 1 N–H and O–H groups in total. The summed E-state index contributed by atoms with van der Waals surface area (Å²) in [7, 11) is 0. The van der Waals surface area contributed by atoms with Gasteiger partial charge in [0.1, 0.15) is 0 Å². The van der Waals surface area contributed by atoms with Crippen molar-refractivity contribution in [2.24, 2.45) is 0 Å². The minimum atomic E-state index is 0.202. The van der Waals surface area contributed by atoms with E-state index in [0.717, 1.165) is 19.6 Å². The Kier molecular flexibility index (Phi) is 4.27. The van der Waals surface area contributed by atoms with Crippen LogP contribution in [0.1, 0.15) is 50.8 Å². The summed E-state index contributed by atoms with van der Waals surface area (Å²) in [4.78, 5) is 2.66. The number of piperazine rings is 1. The summed E-state index contributed by atoms with van der Waals surface area (Å²) in [5, 5.41) is 3.70. The molecule has 20 heavy (non-hydrogen) atoms. The molecular formula is C18H30N2. The molecule has 2 heteroatoms. The van der Waals surface area contributed by atoms with Gasteiger partial charge < -0.3 is 5.32 Å². The van der Waals surface area contributed by atoms with Gasteiger partial charge in [0.25, 0.3) is 0 Å². The first-order chi connectivity index (χ1) is 9.24. The fourth-order valence-corrected chi connectivity index (χ4v) is 3.24. The van der Waals surface area contributed by atoms with Crippen LogP contribution in [0.15, 0.2) is 18.2 Å². The molecule has 0 saturated carbocycles. The molecule has 1 heterocycles. The van der Waals surface area contributed by atoms with Crippen LogP contribution < -0.4 is 5.32 Å². The Balaban J connectivity index is 2.23. The molecule has 1 aliphatic rings. The lowest BCUT2D eigenvalue weighted by molar-refractivity contribution is 0.0175. The molecule has 0 amide bonds. The van der Waals surface area contributed by atoms with Gasteiger partial charge in [-0.05, 0) is 46.6 Å². The summed E-state index contributed by atoms with van der Waals surface area (Å²) in [6.07, 6.45) is 1.18. The number of nitrogens with one attached hydrogen (secondary N) is 1. The average Bonchev–Trinajstić information content (AvgIpc) is 2.33. The Morgan fingerprint density at radius 1 is 1.10 bits per heavy atom. The smallest absolute Gasteiger partial charge is 0.0307 e. The van der Waals surface area contributed by atoms with Gasteiger partial charge >= 0.3 is 0 Å². The summed E-state index contributed by atoms with van der Waals surface area (Å²) >= 11 is 0. The van der Waals surface area contributed by atoms with Crippen molar-refractivity contribution in [2.75, 3.05) is 13.1 Å². The summed E-state index contributed by atoms with van der Waals surface area (Å²) in [5.41, 5.74) is 4.64. The quantitative estimate of drug-likeness (QED) is 0.905. The van der Waals surface area contributed by atoms with E-state index in [0.29, 0.717) is 0 Å². The number of aryl methyl sites for hydroxylation is 2. The van der Waals surface area contributed by atoms with Crippen molar-refractivity contribution in [1.29, 1.82) is 0 Å². The van der Waals surface area contributed by atoms with Crippen LogP contribution in [0, 0.1) is 13.8 Å². The Morgan fingerprint density at radius 3 is 2.25 bits per heavy atom. The minimum absolute atomic E-state index is 0.202. The SMILES string of the molecule is CCC1(C)CNC(C)(C)CN1Cc1cc(C)cc(C)c1. The van der Waals surface area contributed by atoms with Gasteiger partial charge in [0, 0.05) is 30.7 Å². The predicted octanol–water partition coefficient (Wildman–Crippen LogP) is 3.66. The first-order valence-electron chi connectivity index (χ1n) is 7.81. The second-order valence-electron chi connectivity index (χ2n) is 7.44. The van der Waals surface area contributed by atoms with Crippen molar-refractivity contribution in [3.05, 3.63) is 34.9 Å². The molecule has 1 unspecified atom stereocenters. The van der Waals surface area contributed by atoms with E-state index in [1.54, 1.807) is 0 Å². The van der Waals surface area contributed by atoms with Crippen LogP contribution in [0.2, 0.25) is 0 Å². The highest BCUT2D eigenvalue weighted by Crippen LogP contribution is 2.28. The van der Waals surface area contributed by atoms with E-state index >= 15 is 0 Å². The van der Waals surface area contributed by atoms with E-state index in [1.165, 1.54) is 23.1 Å². The van der Waals surface area contributed by atoms with Crippen molar-refractivity contribution in [1.82, 2.24) is 10.2 Å². The first kappa shape index (κ1) is 15.5. The lowest BCUT2D eigenvalue weighted by Crippen LogP contribution is -2.66. The molecule has 0 radical (unpaired) electrons. The molecule has 1 aliphatic heterocycles. The number of nitrogens with zero attached hydrogens (tertiary/aromatic N) is 1. The van der Waals surface area contributed by atoms with E-state index in [2.05, 4.69) is 70.0 Å². The van der Waals surface area contributed by atoms with Gasteiger partial charge in [0.15, 0.2) is 0 Å². The van der Waals surface area contributed by atoms with Crippen LogP contribution in [0.25, 0.3) is 0 Å². The van der Waals surface area contributed by atoms with Crippen molar-refractivity contribution in [3.8, 4) is 0 Å². The zero-order chi connectivity index (χ0) is 15.0. The number of benzene rings is 1. The Morgan fingerprint density at radius 2 is 1.70 bits per heavy atom. The maximum absolute atomic E-state index is 3.70. The fourth-order valence-electron chi connectivity index (χ4n) is 3.24. The molecule has 1 atom stereocenters. The van der Waals surface area contributed by atoms with Crippen LogP contribution in [0.3, 0.4) is 0 Å². The van der Waals surface area contributed by atoms with Crippen LogP contribution in [-0.4, -0.2) is 29.1 Å². The maximum atomic E-state index is 3.70.